The summed E-state index contributed by atoms with van der Waals surface area (Å²) in [5.41, 5.74) is 1.09. The average molecular weight is 321 g/mol. The van der Waals surface area contributed by atoms with E-state index in [9.17, 15) is 4.79 Å². The molecule has 1 rings (SSSR count). The molecule has 94 valence electrons. The Morgan fingerprint density at radius 3 is 2.76 bits per heavy atom. The monoisotopic (exact) mass is 319 g/mol. The van der Waals surface area contributed by atoms with Crippen molar-refractivity contribution in [2.75, 3.05) is 13.1 Å². The van der Waals surface area contributed by atoms with Gasteiger partial charge in [-0.2, -0.15) is 0 Å². The molecular weight excluding hydrogens is 305 g/mol. The van der Waals surface area contributed by atoms with Crippen LogP contribution in [0.5, 0.6) is 0 Å². The highest BCUT2D eigenvalue weighted by Crippen LogP contribution is 2.23. The lowest BCUT2D eigenvalue weighted by molar-refractivity contribution is -0.137. The second-order valence-electron chi connectivity index (χ2n) is 3.76. The molecule has 0 unspecified atom stereocenters. The summed E-state index contributed by atoms with van der Waals surface area (Å²) < 4.78 is 0.872. The van der Waals surface area contributed by atoms with E-state index in [1.54, 1.807) is 0 Å². The average Bonchev–Trinajstić information content (AvgIpc) is 2.28. The Labute approximate surface area is 115 Å². The second kappa shape index (κ2) is 6.99. The van der Waals surface area contributed by atoms with Gasteiger partial charge >= 0.3 is 5.97 Å². The number of nitrogens with zero attached hydrogens (tertiary/aromatic N) is 1. The van der Waals surface area contributed by atoms with Gasteiger partial charge in [0.1, 0.15) is 0 Å². The first-order valence-electron chi connectivity index (χ1n) is 5.41. The number of carboxylic acid groups (broad SMARTS) is 1. The predicted molar refractivity (Wildman–Crippen MR) is 72.4 cm³/mol. The standard InChI is InChI=1S/C12H15BrClNO2/c1-2-15(6-5-12(16)17)8-9-3-4-10(13)11(14)7-9/h3-4,7H,2,5-6,8H2,1H3,(H,16,17). The minimum absolute atomic E-state index is 0.165. The lowest BCUT2D eigenvalue weighted by Crippen LogP contribution is -2.25. The summed E-state index contributed by atoms with van der Waals surface area (Å²) >= 11 is 9.35. The van der Waals surface area contributed by atoms with Crippen LogP contribution in [0.4, 0.5) is 0 Å². The third-order valence-corrected chi connectivity index (χ3v) is 3.71. The first-order valence-corrected chi connectivity index (χ1v) is 6.58. The van der Waals surface area contributed by atoms with Crippen LogP contribution < -0.4 is 0 Å². The van der Waals surface area contributed by atoms with Gasteiger partial charge in [0.05, 0.1) is 11.4 Å². The molecule has 3 nitrogen and oxygen atoms in total. The molecule has 0 aliphatic carbocycles. The van der Waals surface area contributed by atoms with Gasteiger partial charge in [0.25, 0.3) is 0 Å². The van der Waals surface area contributed by atoms with Gasteiger partial charge in [0.2, 0.25) is 0 Å². The third-order valence-electron chi connectivity index (χ3n) is 2.48. The summed E-state index contributed by atoms with van der Waals surface area (Å²) in [5.74, 6) is -0.766. The van der Waals surface area contributed by atoms with Gasteiger partial charge in [0.15, 0.2) is 0 Å². The molecule has 1 N–H and O–H groups in total. The predicted octanol–water partition coefficient (Wildman–Crippen LogP) is 3.40. The minimum Gasteiger partial charge on any atom is -0.481 e. The summed E-state index contributed by atoms with van der Waals surface area (Å²) in [5, 5.41) is 9.33. The molecule has 0 spiro atoms. The number of carboxylic acids is 1. The van der Waals surface area contributed by atoms with Crippen molar-refractivity contribution >= 4 is 33.5 Å². The SMILES string of the molecule is CCN(CCC(=O)O)Cc1ccc(Br)c(Cl)c1. The van der Waals surface area contributed by atoms with Crippen LogP contribution in [0.1, 0.15) is 18.9 Å². The summed E-state index contributed by atoms with van der Waals surface area (Å²) in [7, 11) is 0. The molecular formula is C12H15BrClNO2. The molecule has 5 heteroatoms. The van der Waals surface area contributed by atoms with Crippen LogP contribution in [0.2, 0.25) is 5.02 Å². The fraction of sp³-hybridized carbons (Fsp3) is 0.417. The van der Waals surface area contributed by atoms with Crippen molar-refractivity contribution in [2.24, 2.45) is 0 Å². The van der Waals surface area contributed by atoms with Gasteiger partial charge in [-0.3, -0.25) is 9.69 Å². The van der Waals surface area contributed by atoms with Crippen molar-refractivity contribution in [2.45, 2.75) is 19.9 Å². The summed E-state index contributed by atoms with van der Waals surface area (Å²) in [6.07, 6.45) is 0.165. The van der Waals surface area contributed by atoms with E-state index in [1.807, 2.05) is 25.1 Å². The lowest BCUT2D eigenvalue weighted by atomic mass is 10.2. The zero-order valence-electron chi connectivity index (χ0n) is 9.62. The zero-order chi connectivity index (χ0) is 12.8. The summed E-state index contributed by atoms with van der Waals surface area (Å²) in [4.78, 5) is 12.6. The van der Waals surface area contributed by atoms with Crippen molar-refractivity contribution in [3.05, 3.63) is 33.3 Å². The van der Waals surface area contributed by atoms with E-state index in [0.717, 1.165) is 23.1 Å². The molecule has 0 aromatic heterocycles. The maximum absolute atomic E-state index is 10.5. The fourth-order valence-electron chi connectivity index (χ4n) is 1.50. The molecule has 0 amide bonds. The largest absolute Gasteiger partial charge is 0.481 e. The third kappa shape index (κ3) is 5.06. The highest BCUT2D eigenvalue weighted by molar-refractivity contribution is 9.10. The van der Waals surface area contributed by atoms with Crippen molar-refractivity contribution in [3.8, 4) is 0 Å². The Bertz CT molecular complexity index is 398. The van der Waals surface area contributed by atoms with E-state index in [0.29, 0.717) is 11.6 Å². The lowest BCUT2D eigenvalue weighted by Gasteiger charge is -2.19. The number of hydrogen-bond acceptors (Lipinski definition) is 2. The first-order chi connectivity index (χ1) is 8.02. The molecule has 0 radical (unpaired) electrons. The molecule has 0 aliphatic heterocycles. The normalized spacial score (nSPS) is 10.8. The quantitative estimate of drug-likeness (QED) is 0.873. The highest BCUT2D eigenvalue weighted by atomic mass is 79.9. The number of halogens is 2. The molecule has 17 heavy (non-hydrogen) atoms. The number of benzene rings is 1. The van der Waals surface area contributed by atoms with Gasteiger partial charge in [0, 0.05) is 17.6 Å². The van der Waals surface area contributed by atoms with Crippen molar-refractivity contribution in [1.82, 2.24) is 4.90 Å². The van der Waals surface area contributed by atoms with Gasteiger partial charge in [-0.1, -0.05) is 24.6 Å². The first kappa shape index (κ1) is 14.5. The van der Waals surface area contributed by atoms with Gasteiger partial charge in [-0.25, -0.2) is 0 Å². The Balaban J connectivity index is 2.60. The van der Waals surface area contributed by atoms with E-state index < -0.39 is 5.97 Å². The Morgan fingerprint density at radius 1 is 1.53 bits per heavy atom. The van der Waals surface area contributed by atoms with Gasteiger partial charge < -0.3 is 5.11 Å². The molecule has 1 aromatic carbocycles. The maximum Gasteiger partial charge on any atom is 0.304 e. The molecule has 0 aliphatic rings. The molecule has 0 atom stereocenters. The van der Waals surface area contributed by atoms with Crippen LogP contribution >= 0.6 is 27.5 Å². The van der Waals surface area contributed by atoms with Crippen LogP contribution in [-0.4, -0.2) is 29.1 Å². The van der Waals surface area contributed by atoms with E-state index >= 15 is 0 Å². The van der Waals surface area contributed by atoms with E-state index in [-0.39, 0.29) is 6.42 Å². The van der Waals surface area contributed by atoms with Crippen LogP contribution in [0.3, 0.4) is 0 Å². The van der Waals surface area contributed by atoms with Crippen LogP contribution in [0.25, 0.3) is 0 Å². The minimum atomic E-state index is -0.766. The Hall–Kier alpha value is -0.580. The summed E-state index contributed by atoms with van der Waals surface area (Å²) in [6.45, 7) is 4.11. The Morgan fingerprint density at radius 2 is 2.24 bits per heavy atom. The van der Waals surface area contributed by atoms with Crippen LogP contribution in [0.15, 0.2) is 22.7 Å². The number of aliphatic carboxylic acids is 1. The van der Waals surface area contributed by atoms with Crippen LogP contribution in [-0.2, 0) is 11.3 Å². The molecule has 0 saturated heterocycles. The molecule has 0 saturated carbocycles. The maximum atomic E-state index is 10.5. The van der Waals surface area contributed by atoms with Crippen LogP contribution in [0, 0.1) is 0 Å². The molecule has 1 aromatic rings. The fourth-order valence-corrected chi connectivity index (χ4v) is 1.95. The number of carbonyl (C=O) groups is 1. The van der Waals surface area contributed by atoms with E-state index in [2.05, 4.69) is 20.8 Å². The number of hydrogen-bond donors (Lipinski definition) is 1. The highest BCUT2D eigenvalue weighted by Gasteiger charge is 2.07. The van der Waals surface area contributed by atoms with Crippen molar-refractivity contribution in [1.29, 1.82) is 0 Å². The van der Waals surface area contributed by atoms with Crippen molar-refractivity contribution < 1.29 is 9.90 Å². The van der Waals surface area contributed by atoms with E-state index in [1.165, 1.54) is 0 Å². The van der Waals surface area contributed by atoms with Gasteiger partial charge in [-0.05, 0) is 40.2 Å². The summed E-state index contributed by atoms with van der Waals surface area (Å²) in [6, 6.07) is 5.79. The number of rotatable bonds is 6. The second-order valence-corrected chi connectivity index (χ2v) is 5.02. The van der Waals surface area contributed by atoms with Crippen molar-refractivity contribution in [3.63, 3.8) is 0 Å². The molecule has 0 bridgehead atoms. The van der Waals surface area contributed by atoms with Gasteiger partial charge in [-0.15, -0.1) is 0 Å². The zero-order valence-corrected chi connectivity index (χ0v) is 12.0. The molecule has 0 heterocycles. The topological polar surface area (TPSA) is 40.5 Å². The van der Waals surface area contributed by atoms with E-state index in [4.69, 9.17) is 16.7 Å². The smallest absolute Gasteiger partial charge is 0.304 e. The Kier molecular flexibility index (Phi) is 5.95. The molecule has 0 fully saturated rings.